The van der Waals surface area contributed by atoms with Crippen molar-refractivity contribution in [3.63, 3.8) is 0 Å². The molecule has 188 valence electrons. The zero-order valence-corrected chi connectivity index (χ0v) is 23.0. The third-order valence-electron chi connectivity index (χ3n) is 6.28. The third kappa shape index (κ3) is 6.00. The molecule has 0 N–H and O–H groups in total. The Morgan fingerprint density at radius 1 is 0.944 bits per heavy atom. The number of thiophene rings is 1. The highest BCUT2D eigenvalue weighted by Crippen LogP contribution is 2.32. The van der Waals surface area contributed by atoms with Gasteiger partial charge in [-0.25, -0.2) is 0 Å². The maximum atomic E-state index is 13.8. The predicted octanol–water partition coefficient (Wildman–Crippen LogP) is 6.22. The van der Waals surface area contributed by atoms with Gasteiger partial charge in [0.2, 0.25) is 0 Å². The van der Waals surface area contributed by atoms with Gasteiger partial charge in [0.15, 0.2) is 11.6 Å². The van der Waals surface area contributed by atoms with Gasteiger partial charge >= 0.3 is 0 Å². The standard InChI is InChI=1S/C30H36N4OS/c1-20(2)17-24-13-11-23(12-14-24)15-16-25-18-27(29(35)26-10-8-7-9-21(26)3)30(36-25)34-22(4)31-32-28(34)19-33(5)6/h7-14,18,20H,15-17,19H2,1-6H3. The molecule has 0 aliphatic rings. The highest BCUT2D eigenvalue weighted by molar-refractivity contribution is 7.15. The number of rotatable bonds is 10. The van der Waals surface area contributed by atoms with Gasteiger partial charge in [-0.3, -0.25) is 9.36 Å². The smallest absolute Gasteiger partial charge is 0.196 e. The van der Waals surface area contributed by atoms with E-state index in [9.17, 15) is 4.79 Å². The summed E-state index contributed by atoms with van der Waals surface area (Å²) < 4.78 is 2.06. The Kier molecular flexibility index (Phi) is 8.17. The number of hydrogen-bond acceptors (Lipinski definition) is 5. The summed E-state index contributed by atoms with van der Waals surface area (Å²) >= 11 is 1.68. The first-order valence-corrected chi connectivity index (χ1v) is 13.4. The summed E-state index contributed by atoms with van der Waals surface area (Å²) in [6.45, 7) is 9.09. The number of carbonyl (C=O) groups is 1. The van der Waals surface area contributed by atoms with Crippen LogP contribution in [0.1, 0.15) is 63.0 Å². The largest absolute Gasteiger partial charge is 0.302 e. The molecular formula is C30H36N4OS. The zero-order valence-electron chi connectivity index (χ0n) is 22.2. The van der Waals surface area contributed by atoms with Crippen LogP contribution in [-0.4, -0.2) is 39.5 Å². The van der Waals surface area contributed by atoms with E-state index in [1.54, 1.807) is 11.3 Å². The number of ketones is 1. The van der Waals surface area contributed by atoms with Crippen LogP contribution < -0.4 is 0 Å². The lowest BCUT2D eigenvalue weighted by molar-refractivity contribution is 0.103. The summed E-state index contributed by atoms with van der Waals surface area (Å²) in [5.74, 6) is 2.33. The molecule has 0 saturated carbocycles. The Bertz CT molecular complexity index is 1330. The second-order valence-electron chi connectivity index (χ2n) is 10.2. The van der Waals surface area contributed by atoms with E-state index < -0.39 is 0 Å². The summed E-state index contributed by atoms with van der Waals surface area (Å²) in [5, 5.41) is 9.68. The molecule has 0 fully saturated rings. The molecule has 0 saturated heterocycles. The summed E-state index contributed by atoms with van der Waals surface area (Å²) in [5.41, 5.74) is 5.15. The minimum atomic E-state index is 0.0486. The molecule has 0 aliphatic carbocycles. The first-order valence-electron chi connectivity index (χ1n) is 12.6. The number of aryl methyl sites for hydroxylation is 4. The van der Waals surface area contributed by atoms with Gasteiger partial charge in [0, 0.05) is 10.4 Å². The molecule has 4 rings (SSSR count). The minimum absolute atomic E-state index is 0.0486. The fourth-order valence-corrected chi connectivity index (χ4v) is 5.71. The predicted molar refractivity (Wildman–Crippen MR) is 148 cm³/mol. The summed E-state index contributed by atoms with van der Waals surface area (Å²) in [7, 11) is 4.03. The van der Waals surface area contributed by atoms with E-state index in [-0.39, 0.29) is 5.78 Å². The molecule has 0 unspecified atom stereocenters. The van der Waals surface area contributed by atoms with Crippen molar-refractivity contribution in [2.45, 2.75) is 53.5 Å². The molecule has 2 aromatic heterocycles. The van der Waals surface area contributed by atoms with Crippen LogP contribution in [0.15, 0.2) is 54.6 Å². The Morgan fingerprint density at radius 2 is 1.64 bits per heavy atom. The van der Waals surface area contributed by atoms with E-state index in [1.807, 2.05) is 52.2 Å². The van der Waals surface area contributed by atoms with Crippen molar-refractivity contribution < 1.29 is 4.79 Å². The minimum Gasteiger partial charge on any atom is -0.302 e. The first-order chi connectivity index (χ1) is 17.2. The van der Waals surface area contributed by atoms with E-state index in [4.69, 9.17) is 0 Å². The highest BCUT2D eigenvalue weighted by Gasteiger charge is 2.24. The first kappa shape index (κ1) is 26.0. The average Bonchev–Trinajstić information content (AvgIpc) is 3.40. The topological polar surface area (TPSA) is 51.0 Å². The van der Waals surface area contributed by atoms with Crippen molar-refractivity contribution in [3.8, 4) is 5.00 Å². The zero-order chi connectivity index (χ0) is 25.8. The lowest BCUT2D eigenvalue weighted by Crippen LogP contribution is -2.16. The number of carbonyl (C=O) groups excluding carboxylic acids is 1. The molecule has 36 heavy (non-hydrogen) atoms. The number of nitrogens with zero attached hydrogens (tertiary/aromatic N) is 4. The van der Waals surface area contributed by atoms with Crippen molar-refractivity contribution >= 4 is 17.1 Å². The Labute approximate surface area is 218 Å². The molecule has 0 aliphatic heterocycles. The summed E-state index contributed by atoms with van der Waals surface area (Å²) in [6, 6.07) is 18.9. The van der Waals surface area contributed by atoms with Crippen molar-refractivity contribution in [1.29, 1.82) is 0 Å². The molecule has 4 aromatic rings. The monoisotopic (exact) mass is 500 g/mol. The van der Waals surface area contributed by atoms with Crippen molar-refractivity contribution in [3.05, 3.63) is 98.9 Å². The van der Waals surface area contributed by atoms with E-state index in [2.05, 4.69) is 63.8 Å². The second kappa shape index (κ2) is 11.3. The van der Waals surface area contributed by atoms with E-state index in [1.165, 1.54) is 16.0 Å². The molecule has 2 heterocycles. The normalized spacial score (nSPS) is 11.6. The van der Waals surface area contributed by atoms with E-state index in [0.29, 0.717) is 12.5 Å². The van der Waals surface area contributed by atoms with Crippen LogP contribution in [0.2, 0.25) is 0 Å². The average molecular weight is 501 g/mol. The highest BCUT2D eigenvalue weighted by atomic mass is 32.1. The van der Waals surface area contributed by atoms with Gasteiger partial charge in [0.1, 0.15) is 10.8 Å². The number of hydrogen-bond donors (Lipinski definition) is 0. The van der Waals surface area contributed by atoms with Gasteiger partial charge in [0.25, 0.3) is 0 Å². The summed E-state index contributed by atoms with van der Waals surface area (Å²) in [6.07, 6.45) is 2.92. The maximum Gasteiger partial charge on any atom is 0.196 e. The van der Waals surface area contributed by atoms with Crippen LogP contribution in [-0.2, 0) is 25.8 Å². The molecular weight excluding hydrogens is 464 g/mol. The lowest BCUT2D eigenvalue weighted by atomic mass is 9.99. The van der Waals surface area contributed by atoms with Gasteiger partial charge in [0.05, 0.1) is 12.1 Å². The summed E-state index contributed by atoms with van der Waals surface area (Å²) in [4.78, 5) is 17.0. The van der Waals surface area contributed by atoms with Crippen LogP contribution in [0.25, 0.3) is 5.00 Å². The third-order valence-corrected chi connectivity index (χ3v) is 7.46. The Hall–Kier alpha value is -3.09. The van der Waals surface area contributed by atoms with Crippen molar-refractivity contribution in [2.75, 3.05) is 14.1 Å². The van der Waals surface area contributed by atoms with Crippen molar-refractivity contribution in [1.82, 2.24) is 19.7 Å². The van der Waals surface area contributed by atoms with Crippen LogP contribution in [0.5, 0.6) is 0 Å². The molecule has 0 radical (unpaired) electrons. The van der Waals surface area contributed by atoms with Gasteiger partial charge in [-0.1, -0.05) is 62.4 Å². The SMILES string of the molecule is Cc1ccccc1C(=O)c1cc(CCc2ccc(CC(C)C)cc2)sc1-n1c(C)nnc1CN(C)C. The second-order valence-corrected chi connectivity index (χ2v) is 11.3. The maximum absolute atomic E-state index is 13.8. The molecule has 0 atom stereocenters. The molecule has 6 heteroatoms. The van der Waals surface area contributed by atoms with Crippen LogP contribution in [0.3, 0.4) is 0 Å². The Morgan fingerprint density at radius 3 is 2.31 bits per heavy atom. The van der Waals surface area contributed by atoms with Crippen LogP contribution >= 0.6 is 11.3 Å². The number of benzene rings is 2. The van der Waals surface area contributed by atoms with Gasteiger partial charge in [-0.05, 0) is 75.9 Å². The molecule has 0 bridgehead atoms. The van der Waals surface area contributed by atoms with Gasteiger partial charge < -0.3 is 4.90 Å². The van der Waals surface area contributed by atoms with Gasteiger partial charge in [-0.15, -0.1) is 21.5 Å². The van der Waals surface area contributed by atoms with Gasteiger partial charge in [-0.2, -0.15) is 0 Å². The Balaban J connectivity index is 1.68. The van der Waals surface area contributed by atoms with Crippen molar-refractivity contribution in [2.24, 2.45) is 5.92 Å². The molecule has 0 amide bonds. The van der Waals surface area contributed by atoms with Crippen LogP contribution in [0, 0.1) is 19.8 Å². The fourth-order valence-electron chi connectivity index (χ4n) is 4.49. The fraction of sp³-hybridized carbons (Fsp3) is 0.367. The molecule has 0 spiro atoms. The molecule has 2 aromatic carbocycles. The van der Waals surface area contributed by atoms with E-state index in [0.717, 1.165) is 52.6 Å². The van der Waals surface area contributed by atoms with Crippen LogP contribution in [0.4, 0.5) is 0 Å². The quantitative estimate of drug-likeness (QED) is 0.243. The number of aromatic nitrogens is 3. The lowest BCUT2D eigenvalue weighted by Gasteiger charge is -2.13. The molecule has 5 nitrogen and oxygen atoms in total. The van der Waals surface area contributed by atoms with E-state index >= 15 is 0 Å².